The molecule has 8 nitrogen and oxygen atoms in total. The predicted octanol–water partition coefficient (Wildman–Crippen LogP) is 5.45. The summed E-state index contributed by atoms with van der Waals surface area (Å²) in [4.78, 5) is 38.5. The van der Waals surface area contributed by atoms with Crippen LogP contribution < -0.4 is 20.1 Å². The average Bonchev–Trinajstić information content (AvgIpc) is 2.96. The predicted molar refractivity (Wildman–Crippen MR) is 147 cm³/mol. The molecule has 4 rings (SSSR count). The number of aryl methyl sites for hydroxylation is 1. The molecular formula is C31H28N2O6. The van der Waals surface area contributed by atoms with Crippen LogP contribution in [0.5, 0.6) is 17.2 Å². The molecular weight excluding hydrogens is 496 g/mol. The van der Waals surface area contributed by atoms with Crippen LogP contribution in [0.25, 0.3) is 0 Å². The lowest BCUT2D eigenvalue weighted by Gasteiger charge is -2.19. The van der Waals surface area contributed by atoms with Gasteiger partial charge >= 0.3 is 5.97 Å². The highest BCUT2D eigenvalue weighted by Gasteiger charge is 2.26. The van der Waals surface area contributed by atoms with Gasteiger partial charge in [-0.15, -0.1) is 0 Å². The lowest BCUT2D eigenvalue weighted by Crippen LogP contribution is -2.33. The molecule has 39 heavy (non-hydrogen) atoms. The number of nitrogens with one attached hydrogen (secondary N) is 2. The standard InChI is InChI=1S/C31H28N2O6/c1-21-13-18-27(37-2)26(19-21)33-31(36)29(22-9-5-3-6-10-22)39-28(34)20-32-30(35)23-14-16-25(17-15-23)38-24-11-7-4-8-12-24/h3-19,29H,20H2,1-2H3,(H,32,35)(H,33,36)/t29-/m0/s1. The van der Waals surface area contributed by atoms with Crippen molar-refractivity contribution in [2.45, 2.75) is 13.0 Å². The van der Waals surface area contributed by atoms with Gasteiger partial charge in [0.1, 0.15) is 23.8 Å². The first kappa shape index (κ1) is 26.9. The fraction of sp³-hybridized carbons (Fsp3) is 0.129. The van der Waals surface area contributed by atoms with E-state index in [0.29, 0.717) is 34.1 Å². The molecule has 8 heteroatoms. The van der Waals surface area contributed by atoms with Gasteiger partial charge in [0.2, 0.25) is 6.10 Å². The number of carbonyl (C=O) groups excluding carboxylic acids is 3. The summed E-state index contributed by atoms with van der Waals surface area (Å²) in [5, 5.41) is 5.31. The summed E-state index contributed by atoms with van der Waals surface area (Å²) in [6.07, 6.45) is -1.24. The van der Waals surface area contributed by atoms with Crippen molar-refractivity contribution in [2.24, 2.45) is 0 Å². The summed E-state index contributed by atoms with van der Waals surface area (Å²) in [5.74, 6) is -0.0799. The number of benzene rings is 4. The number of ether oxygens (including phenoxy) is 3. The van der Waals surface area contributed by atoms with Crippen LogP contribution in [-0.4, -0.2) is 31.4 Å². The number of para-hydroxylation sites is 1. The summed E-state index contributed by atoms with van der Waals surface area (Å²) in [5.41, 5.74) is 2.19. The molecule has 0 spiro atoms. The lowest BCUT2D eigenvalue weighted by atomic mass is 10.1. The van der Waals surface area contributed by atoms with Gasteiger partial charge in [-0.2, -0.15) is 0 Å². The second-order valence-electron chi connectivity index (χ2n) is 8.60. The van der Waals surface area contributed by atoms with Crippen molar-refractivity contribution in [3.63, 3.8) is 0 Å². The second-order valence-corrected chi connectivity index (χ2v) is 8.60. The molecule has 2 amide bonds. The van der Waals surface area contributed by atoms with Crippen molar-refractivity contribution in [3.8, 4) is 17.2 Å². The van der Waals surface area contributed by atoms with E-state index < -0.39 is 30.4 Å². The monoisotopic (exact) mass is 524 g/mol. The molecule has 2 N–H and O–H groups in total. The maximum Gasteiger partial charge on any atom is 0.326 e. The van der Waals surface area contributed by atoms with E-state index in [1.54, 1.807) is 66.7 Å². The summed E-state index contributed by atoms with van der Waals surface area (Å²) in [6, 6.07) is 29.8. The van der Waals surface area contributed by atoms with Gasteiger partial charge in [-0.05, 0) is 61.0 Å². The maximum atomic E-state index is 13.2. The van der Waals surface area contributed by atoms with E-state index in [0.717, 1.165) is 5.56 Å². The summed E-state index contributed by atoms with van der Waals surface area (Å²) < 4.78 is 16.6. The molecule has 0 unspecified atom stereocenters. The quantitative estimate of drug-likeness (QED) is 0.268. The second kappa shape index (κ2) is 12.9. The third kappa shape index (κ3) is 7.45. The first-order chi connectivity index (χ1) is 18.9. The van der Waals surface area contributed by atoms with E-state index in [1.165, 1.54) is 7.11 Å². The number of hydrogen-bond acceptors (Lipinski definition) is 6. The van der Waals surface area contributed by atoms with Crippen LogP contribution in [0.3, 0.4) is 0 Å². The molecule has 198 valence electrons. The Kier molecular flexibility index (Phi) is 8.92. The molecule has 4 aromatic carbocycles. The molecule has 0 heterocycles. The number of anilines is 1. The van der Waals surface area contributed by atoms with E-state index in [4.69, 9.17) is 14.2 Å². The van der Waals surface area contributed by atoms with Gasteiger partial charge in [0.15, 0.2) is 0 Å². The van der Waals surface area contributed by atoms with Crippen molar-refractivity contribution in [2.75, 3.05) is 19.0 Å². The highest BCUT2D eigenvalue weighted by Crippen LogP contribution is 2.28. The van der Waals surface area contributed by atoms with E-state index in [1.807, 2.05) is 43.3 Å². The van der Waals surface area contributed by atoms with Gasteiger partial charge < -0.3 is 24.8 Å². The largest absolute Gasteiger partial charge is 0.495 e. The Morgan fingerprint density at radius 1 is 0.795 bits per heavy atom. The van der Waals surface area contributed by atoms with E-state index in [9.17, 15) is 14.4 Å². The molecule has 0 aromatic heterocycles. The average molecular weight is 525 g/mol. The SMILES string of the molecule is COc1ccc(C)cc1NC(=O)[C@@H](OC(=O)CNC(=O)c1ccc(Oc2ccccc2)cc1)c1ccccc1. The van der Waals surface area contributed by atoms with Gasteiger partial charge in [0.05, 0.1) is 12.8 Å². The van der Waals surface area contributed by atoms with Crippen molar-refractivity contribution in [1.82, 2.24) is 5.32 Å². The third-order valence-corrected chi connectivity index (χ3v) is 5.69. The van der Waals surface area contributed by atoms with Crippen molar-refractivity contribution in [3.05, 3.63) is 120 Å². The first-order valence-corrected chi connectivity index (χ1v) is 12.2. The topological polar surface area (TPSA) is 103 Å². The Labute approximate surface area is 226 Å². The van der Waals surface area contributed by atoms with Gasteiger partial charge in [-0.25, -0.2) is 0 Å². The van der Waals surface area contributed by atoms with Crippen molar-refractivity contribution < 1.29 is 28.6 Å². The summed E-state index contributed by atoms with van der Waals surface area (Å²) >= 11 is 0. The fourth-order valence-electron chi connectivity index (χ4n) is 3.75. The normalized spacial score (nSPS) is 11.1. The Hall–Kier alpha value is -5.11. The molecule has 1 atom stereocenters. The zero-order chi connectivity index (χ0) is 27.6. The minimum atomic E-state index is -1.24. The van der Waals surface area contributed by atoms with Crippen LogP contribution in [0.2, 0.25) is 0 Å². The van der Waals surface area contributed by atoms with Gasteiger partial charge in [0, 0.05) is 11.1 Å². The summed E-state index contributed by atoms with van der Waals surface area (Å²) in [7, 11) is 1.50. The van der Waals surface area contributed by atoms with Crippen molar-refractivity contribution in [1.29, 1.82) is 0 Å². The number of hydrogen-bond donors (Lipinski definition) is 2. The Bertz CT molecular complexity index is 1420. The van der Waals surface area contributed by atoms with Gasteiger partial charge in [-0.1, -0.05) is 54.6 Å². The molecule has 0 bridgehead atoms. The third-order valence-electron chi connectivity index (χ3n) is 5.69. The maximum absolute atomic E-state index is 13.2. The molecule has 0 aliphatic carbocycles. The lowest BCUT2D eigenvalue weighted by molar-refractivity contribution is -0.153. The van der Waals surface area contributed by atoms with Crippen LogP contribution >= 0.6 is 0 Å². The first-order valence-electron chi connectivity index (χ1n) is 12.2. The highest BCUT2D eigenvalue weighted by molar-refractivity contribution is 5.98. The van der Waals surface area contributed by atoms with Gasteiger partial charge in [-0.3, -0.25) is 14.4 Å². The van der Waals surface area contributed by atoms with Crippen LogP contribution in [0, 0.1) is 6.92 Å². The number of amides is 2. The Morgan fingerprint density at radius 3 is 2.10 bits per heavy atom. The molecule has 0 radical (unpaired) electrons. The van der Waals surface area contributed by atoms with E-state index >= 15 is 0 Å². The number of carbonyl (C=O) groups is 3. The zero-order valence-electron chi connectivity index (χ0n) is 21.5. The molecule has 0 fully saturated rings. The molecule has 4 aromatic rings. The Balaban J connectivity index is 1.38. The number of methoxy groups -OCH3 is 1. The van der Waals surface area contributed by atoms with Gasteiger partial charge in [0.25, 0.3) is 11.8 Å². The zero-order valence-corrected chi connectivity index (χ0v) is 21.5. The van der Waals surface area contributed by atoms with Crippen LogP contribution in [0.4, 0.5) is 5.69 Å². The minimum absolute atomic E-state index is 0.340. The fourth-order valence-corrected chi connectivity index (χ4v) is 3.75. The molecule has 0 saturated heterocycles. The Morgan fingerprint density at radius 2 is 1.44 bits per heavy atom. The van der Waals surface area contributed by atoms with Crippen molar-refractivity contribution >= 4 is 23.5 Å². The van der Waals surface area contributed by atoms with Crippen LogP contribution in [0.1, 0.15) is 27.6 Å². The van der Waals surface area contributed by atoms with E-state index in [-0.39, 0.29) is 0 Å². The highest BCUT2D eigenvalue weighted by atomic mass is 16.5. The number of esters is 1. The molecule has 0 aliphatic rings. The molecule has 0 saturated carbocycles. The smallest absolute Gasteiger partial charge is 0.326 e. The number of rotatable bonds is 10. The van der Waals surface area contributed by atoms with E-state index in [2.05, 4.69) is 10.6 Å². The summed E-state index contributed by atoms with van der Waals surface area (Å²) in [6.45, 7) is 1.46. The molecule has 0 aliphatic heterocycles. The minimum Gasteiger partial charge on any atom is -0.495 e. The van der Waals surface area contributed by atoms with Crippen LogP contribution in [0.15, 0.2) is 103 Å². The van der Waals surface area contributed by atoms with Crippen LogP contribution in [-0.2, 0) is 14.3 Å².